The molecule has 2 rings (SSSR count). The Balaban J connectivity index is 2.49. The van der Waals surface area contributed by atoms with E-state index in [9.17, 15) is 5.11 Å². The average Bonchev–Trinajstić information content (AvgIpc) is 2.55. The second-order valence-corrected chi connectivity index (χ2v) is 7.11. The molecule has 3 heteroatoms. The second kappa shape index (κ2) is 7.98. The summed E-state index contributed by atoms with van der Waals surface area (Å²) in [6, 6.07) is 17.6. The van der Waals surface area contributed by atoms with E-state index in [1.165, 1.54) is 0 Å². The summed E-state index contributed by atoms with van der Waals surface area (Å²) in [5.74, 6) is 0.0219. The van der Waals surface area contributed by atoms with Crippen molar-refractivity contribution in [3.05, 3.63) is 76.3 Å². The van der Waals surface area contributed by atoms with E-state index in [4.69, 9.17) is 11.6 Å². The number of rotatable bonds is 6. The van der Waals surface area contributed by atoms with Gasteiger partial charge in [-0.2, -0.15) is 0 Å². The number of halogens is 1. The van der Waals surface area contributed by atoms with E-state index >= 15 is 0 Å². The number of nitrogens with zero attached hydrogens (tertiary/aromatic N) is 1. The van der Waals surface area contributed by atoms with Gasteiger partial charge >= 0.3 is 0 Å². The summed E-state index contributed by atoms with van der Waals surface area (Å²) in [6.07, 6.45) is 2.06. The first-order valence-electron chi connectivity index (χ1n) is 8.21. The lowest BCUT2D eigenvalue weighted by Gasteiger charge is -2.37. The molecule has 0 amide bonds. The fourth-order valence-corrected chi connectivity index (χ4v) is 3.32. The van der Waals surface area contributed by atoms with Gasteiger partial charge in [0.15, 0.2) is 0 Å². The third-order valence-corrected chi connectivity index (χ3v) is 4.67. The van der Waals surface area contributed by atoms with Crippen molar-refractivity contribution in [2.75, 3.05) is 20.6 Å². The summed E-state index contributed by atoms with van der Waals surface area (Å²) in [5, 5.41) is 12.4. The summed E-state index contributed by atoms with van der Waals surface area (Å²) in [7, 11) is 4.05. The Hall–Kier alpha value is -1.61. The number of hydrogen-bond donors (Lipinski definition) is 1. The van der Waals surface area contributed by atoms with E-state index in [1.54, 1.807) is 0 Å². The fraction of sp³-hybridized carbons (Fsp3) is 0.333. The van der Waals surface area contributed by atoms with Gasteiger partial charge in [-0.05, 0) is 49.9 Å². The summed E-state index contributed by atoms with van der Waals surface area (Å²) in [6.45, 7) is 4.85. The van der Waals surface area contributed by atoms with E-state index in [0.29, 0.717) is 5.02 Å². The monoisotopic (exact) mass is 343 g/mol. The van der Waals surface area contributed by atoms with Crippen LogP contribution in [0.2, 0.25) is 5.02 Å². The SMILES string of the molecule is CC(=Cc1ccccc1)C(O)(c1ccc(Cl)cc1)C(C)CN(C)C. The molecular weight excluding hydrogens is 318 g/mol. The molecule has 128 valence electrons. The summed E-state index contributed by atoms with van der Waals surface area (Å²) in [4.78, 5) is 2.10. The molecule has 0 aliphatic rings. The third kappa shape index (κ3) is 4.27. The lowest BCUT2D eigenvalue weighted by atomic mass is 9.76. The molecule has 0 fully saturated rings. The summed E-state index contributed by atoms with van der Waals surface area (Å²) < 4.78 is 0. The van der Waals surface area contributed by atoms with Gasteiger partial charge in [0, 0.05) is 17.5 Å². The molecule has 0 radical (unpaired) electrons. The second-order valence-electron chi connectivity index (χ2n) is 6.67. The first-order chi connectivity index (χ1) is 11.3. The molecule has 0 bridgehead atoms. The largest absolute Gasteiger partial charge is 0.380 e. The average molecular weight is 344 g/mol. The molecule has 1 N–H and O–H groups in total. The molecule has 0 saturated heterocycles. The Morgan fingerprint density at radius 1 is 1.12 bits per heavy atom. The van der Waals surface area contributed by atoms with E-state index < -0.39 is 5.60 Å². The first kappa shape index (κ1) is 18.7. The Labute approximate surface area is 150 Å². The van der Waals surface area contributed by atoms with Gasteiger partial charge in [0.25, 0.3) is 0 Å². The Bertz CT molecular complexity index is 679. The van der Waals surface area contributed by atoms with E-state index in [-0.39, 0.29) is 5.92 Å². The van der Waals surface area contributed by atoms with Crippen LogP contribution < -0.4 is 0 Å². The van der Waals surface area contributed by atoms with Crippen molar-refractivity contribution in [2.24, 2.45) is 5.92 Å². The zero-order valence-corrected chi connectivity index (χ0v) is 15.6. The van der Waals surface area contributed by atoms with Gasteiger partial charge in [0.05, 0.1) is 0 Å². The predicted octanol–water partition coefficient (Wildman–Crippen LogP) is 4.83. The Kier molecular flexibility index (Phi) is 6.22. The molecule has 0 saturated carbocycles. The van der Waals surface area contributed by atoms with Crippen LogP contribution in [0.5, 0.6) is 0 Å². The predicted molar refractivity (Wildman–Crippen MR) is 103 cm³/mol. The maximum atomic E-state index is 11.7. The summed E-state index contributed by atoms with van der Waals surface area (Å²) >= 11 is 6.03. The molecule has 0 aromatic heterocycles. The van der Waals surface area contributed by atoms with Gasteiger partial charge in [-0.3, -0.25) is 0 Å². The normalized spacial score (nSPS) is 16.0. The minimum atomic E-state index is -1.05. The van der Waals surface area contributed by atoms with Crippen molar-refractivity contribution < 1.29 is 5.11 Å². The highest BCUT2D eigenvalue weighted by Crippen LogP contribution is 2.38. The molecule has 2 unspecified atom stereocenters. The van der Waals surface area contributed by atoms with Crippen molar-refractivity contribution in [1.29, 1.82) is 0 Å². The van der Waals surface area contributed by atoms with Gasteiger partial charge in [-0.1, -0.05) is 67.1 Å². The highest BCUT2D eigenvalue weighted by Gasteiger charge is 2.37. The van der Waals surface area contributed by atoms with Crippen LogP contribution in [0.1, 0.15) is 25.0 Å². The highest BCUT2D eigenvalue weighted by atomic mass is 35.5. The number of benzene rings is 2. The molecule has 2 atom stereocenters. The topological polar surface area (TPSA) is 23.5 Å². The van der Waals surface area contributed by atoms with Gasteiger partial charge < -0.3 is 10.0 Å². The molecule has 0 aliphatic carbocycles. The first-order valence-corrected chi connectivity index (χ1v) is 8.58. The van der Waals surface area contributed by atoms with Gasteiger partial charge in [-0.25, -0.2) is 0 Å². The molecule has 2 nitrogen and oxygen atoms in total. The van der Waals surface area contributed by atoms with Crippen LogP contribution in [0.3, 0.4) is 0 Å². The van der Waals surface area contributed by atoms with Crippen LogP contribution in [0.4, 0.5) is 0 Å². The maximum absolute atomic E-state index is 11.7. The lowest BCUT2D eigenvalue weighted by molar-refractivity contribution is 0.0105. The number of aliphatic hydroxyl groups is 1. The van der Waals surface area contributed by atoms with Crippen molar-refractivity contribution in [1.82, 2.24) is 4.90 Å². The van der Waals surface area contributed by atoms with Crippen LogP contribution >= 0.6 is 11.6 Å². The summed E-state index contributed by atoms with van der Waals surface area (Å²) in [5.41, 5.74) is 1.82. The molecule has 0 aliphatic heterocycles. The molecular formula is C21H26ClNO. The smallest absolute Gasteiger partial charge is 0.114 e. The minimum absolute atomic E-state index is 0.0219. The molecule has 2 aromatic carbocycles. The van der Waals surface area contributed by atoms with Crippen molar-refractivity contribution >= 4 is 17.7 Å². The maximum Gasteiger partial charge on any atom is 0.114 e. The standard InChI is InChI=1S/C21H26ClNO/c1-16(14-18-8-6-5-7-9-18)21(24,17(2)15-23(3)4)19-10-12-20(22)13-11-19/h5-14,17,24H,15H2,1-4H3. The molecule has 2 aromatic rings. The van der Waals surface area contributed by atoms with Crippen LogP contribution in [0, 0.1) is 5.92 Å². The quantitative estimate of drug-likeness (QED) is 0.812. The van der Waals surface area contributed by atoms with Crippen molar-refractivity contribution in [3.63, 3.8) is 0 Å². The fourth-order valence-electron chi connectivity index (χ4n) is 3.19. The van der Waals surface area contributed by atoms with Crippen LogP contribution in [0.15, 0.2) is 60.2 Å². The van der Waals surface area contributed by atoms with Gasteiger partial charge in [0.1, 0.15) is 5.60 Å². The van der Waals surface area contributed by atoms with Crippen LogP contribution in [-0.4, -0.2) is 30.6 Å². The van der Waals surface area contributed by atoms with Crippen molar-refractivity contribution in [2.45, 2.75) is 19.4 Å². The minimum Gasteiger partial charge on any atom is -0.380 e. The Morgan fingerprint density at radius 2 is 1.71 bits per heavy atom. The van der Waals surface area contributed by atoms with Crippen LogP contribution in [-0.2, 0) is 5.60 Å². The van der Waals surface area contributed by atoms with E-state index in [2.05, 4.69) is 17.9 Å². The van der Waals surface area contributed by atoms with Gasteiger partial charge in [0.2, 0.25) is 0 Å². The highest BCUT2D eigenvalue weighted by molar-refractivity contribution is 6.30. The molecule has 0 heterocycles. The van der Waals surface area contributed by atoms with Crippen molar-refractivity contribution in [3.8, 4) is 0 Å². The number of hydrogen-bond acceptors (Lipinski definition) is 2. The van der Waals surface area contributed by atoms with Gasteiger partial charge in [-0.15, -0.1) is 0 Å². The van der Waals surface area contributed by atoms with E-state index in [0.717, 1.165) is 23.2 Å². The molecule has 24 heavy (non-hydrogen) atoms. The van der Waals surface area contributed by atoms with E-state index in [1.807, 2.05) is 75.6 Å². The Morgan fingerprint density at radius 3 is 2.25 bits per heavy atom. The lowest BCUT2D eigenvalue weighted by Crippen LogP contribution is -2.40. The third-order valence-electron chi connectivity index (χ3n) is 4.42. The van der Waals surface area contributed by atoms with Crippen LogP contribution in [0.25, 0.3) is 6.08 Å². The zero-order valence-electron chi connectivity index (χ0n) is 14.8. The zero-order chi connectivity index (χ0) is 17.7. The molecule has 0 spiro atoms.